The summed E-state index contributed by atoms with van der Waals surface area (Å²) in [5, 5.41) is 1.05. The van der Waals surface area contributed by atoms with Crippen molar-refractivity contribution in [1.82, 2.24) is 15.0 Å². The van der Waals surface area contributed by atoms with Gasteiger partial charge in [0, 0.05) is 28.9 Å². The molecule has 116 valence electrons. The van der Waals surface area contributed by atoms with Gasteiger partial charge in [-0.25, -0.2) is 9.97 Å². The Morgan fingerprint density at radius 1 is 0.708 bits per heavy atom. The van der Waals surface area contributed by atoms with Crippen LogP contribution in [0.3, 0.4) is 0 Å². The summed E-state index contributed by atoms with van der Waals surface area (Å²) in [6.07, 6.45) is 3.79. The maximum Gasteiger partial charge on any atom is 0.159 e. The van der Waals surface area contributed by atoms with Gasteiger partial charge in [0.2, 0.25) is 0 Å². The second kappa shape index (κ2) is 5.85. The number of hydrogen-bond acceptors (Lipinski definition) is 3. The molecule has 24 heavy (non-hydrogen) atoms. The third-order valence-electron chi connectivity index (χ3n) is 4.28. The van der Waals surface area contributed by atoms with E-state index in [2.05, 4.69) is 47.0 Å². The molecule has 0 aliphatic carbocycles. The average Bonchev–Trinajstić information content (AvgIpc) is 2.64. The molecule has 2 aromatic heterocycles. The number of aryl methyl sites for hydroxylation is 2. The predicted molar refractivity (Wildman–Crippen MR) is 97.7 cm³/mol. The van der Waals surface area contributed by atoms with Crippen LogP contribution in [0.15, 0.2) is 67.0 Å². The summed E-state index contributed by atoms with van der Waals surface area (Å²) in [7, 11) is 0. The Bertz CT molecular complexity index is 1040. The van der Waals surface area contributed by atoms with Crippen molar-refractivity contribution in [3.8, 4) is 22.6 Å². The van der Waals surface area contributed by atoms with E-state index < -0.39 is 0 Å². The molecule has 0 aliphatic heterocycles. The highest BCUT2D eigenvalue weighted by molar-refractivity contribution is 5.80. The molecule has 0 bridgehead atoms. The van der Waals surface area contributed by atoms with Crippen molar-refractivity contribution >= 4 is 10.9 Å². The highest BCUT2D eigenvalue weighted by Gasteiger charge is 2.07. The fourth-order valence-corrected chi connectivity index (χ4v) is 2.71. The molecular weight excluding hydrogens is 294 g/mol. The molecule has 2 heterocycles. The van der Waals surface area contributed by atoms with Crippen molar-refractivity contribution in [3.05, 3.63) is 78.1 Å². The molecule has 0 saturated heterocycles. The number of rotatable bonds is 2. The maximum atomic E-state index is 4.68. The topological polar surface area (TPSA) is 38.7 Å². The van der Waals surface area contributed by atoms with E-state index in [9.17, 15) is 0 Å². The van der Waals surface area contributed by atoms with Gasteiger partial charge < -0.3 is 0 Å². The summed E-state index contributed by atoms with van der Waals surface area (Å²) in [6, 6.07) is 18.4. The van der Waals surface area contributed by atoms with Crippen LogP contribution >= 0.6 is 0 Å². The quantitative estimate of drug-likeness (QED) is 0.524. The van der Waals surface area contributed by atoms with Crippen LogP contribution in [0.5, 0.6) is 0 Å². The zero-order chi connectivity index (χ0) is 16.5. The van der Waals surface area contributed by atoms with Crippen LogP contribution in [-0.2, 0) is 0 Å². The fourth-order valence-electron chi connectivity index (χ4n) is 2.71. The van der Waals surface area contributed by atoms with Gasteiger partial charge in [-0.2, -0.15) is 0 Å². The molecule has 4 aromatic rings. The van der Waals surface area contributed by atoms with Crippen molar-refractivity contribution in [2.75, 3.05) is 0 Å². The van der Waals surface area contributed by atoms with E-state index >= 15 is 0 Å². The van der Waals surface area contributed by atoms with Crippen molar-refractivity contribution in [2.24, 2.45) is 0 Å². The first-order valence-electron chi connectivity index (χ1n) is 7.96. The fraction of sp³-hybridized carbons (Fsp3) is 0.0952. The van der Waals surface area contributed by atoms with Crippen LogP contribution in [0.1, 0.15) is 11.1 Å². The van der Waals surface area contributed by atoms with Crippen molar-refractivity contribution in [1.29, 1.82) is 0 Å². The third-order valence-corrected chi connectivity index (χ3v) is 4.28. The molecule has 0 aliphatic rings. The van der Waals surface area contributed by atoms with Crippen LogP contribution in [0.25, 0.3) is 33.5 Å². The maximum absolute atomic E-state index is 4.68. The van der Waals surface area contributed by atoms with Gasteiger partial charge in [0.05, 0.1) is 11.2 Å². The number of benzene rings is 2. The summed E-state index contributed by atoms with van der Waals surface area (Å²) < 4.78 is 0. The van der Waals surface area contributed by atoms with Crippen molar-refractivity contribution < 1.29 is 0 Å². The van der Waals surface area contributed by atoms with Crippen LogP contribution in [0, 0.1) is 13.8 Å². The smallest absolute Gasteiger partial charge is 0.159 e. The zero-order valence-electron chi connectivity index (χ0n) is 13.7. The first-order chi connectivity index (χ1) is 11.7. The molecular formula is C21H17N3. The number of nitrogens with zero attached hydrogens (tertiary/aromatic N) is 3. The van der Waals surface area contributed by atoms with E-state index in [4.69, 9.17) is 0 Å². The number of hydrogen-bond donors (Lipinski definition) is 0. The molecule has 3 nitrogen and oxygen atoms in total. The standard InChI is InChI=1S/C21H17N3/c1-14-10-20(22-12-15(14)2)16-7-5-8-17(11-16)21-23-13-18-6-3-4-9-19(18)24-21/h3-13H,1-2H3. The Morgan fingerprint density at radius 2 is 1.54 bits per heavy atom. The van der Waals surface area contributed by atoms with Gasteiger partial charge in [-0.05, 0) is 43.2 Å². The van der Waals surface area contributed by atoms with Gasteiger partial charge in [-0.15, -0.1) is 0 Å². The zero-order valence-corrected chi connectivity index (χ0v) is 13.7. The van der Waals surface area contributed by atoms with E-state index in [0.29, 0.717) is 0 Å². The Hall–Kier alpha value is -3.07. The van der Waals surface area contributed by atoms with Gasteiger partial charge in [-0.3, -0.25) is 4.98 Å². The summed E-state index contributed by atoms with van der Waals surface area (Å²) >= 11 is 0. The minimum Gasteiger partial charge on any atom is -0.256 e. The van der Waals surface area contributed by atoms with E-state index in [1.165, 1.54) is 11.1 Å². The summed E-state index contributed by atoms with van der Waals surface area (Å²) in [4.78, 5) is 13.7. The summed E-state index contributed by atoms with van der Waals surface area (Å²) in [6.45, 7) is 4.18. The van der Waals surface area contributed by atoms with Gasteiger partial charge in [-0.1, -0.05) is 36.4 Å². The number of aromatic nitrogens is 3. The molecule has 0 saturated carbocycles. The lowest BCUT2D eigenvalue weighted by atomic mass is 10.0. The lowest BCUT2D eigenvalue weighted by Crippen LogP contribution is -1.92. The second-order valence-electron chi connectivity index (χ2n) is 5.99. The molecule has 0 unspecified atom stereocenters. The van der Waals surface area contributed by atoms with Gasteiger partial charge in [0.15, 0.2) is 5.82 Å². The molecule has 0 radical (unpaired) electrons. The normalized spacial score (nSPS) is 10.9. The predicted octanol–water partition coefficient (Wildman–Crippen LogP) is 4.98. The summed E-state index contributed by atoms with van der Waals surface area (Å²) in [5.41, 5.74) is 6.45. The minimum absolute atomic E-state index is 0.736. The molecule has 0 atom stereocenters. The highest BCUT2D eigenvalue weighted by atomic mass is 14.9. The molecule has 0 fully saturated rings. The monoisotopic (exact) mass is 311 g/mol. The number of fused-ring (bicyclic) bond motifs is 1. The Morgan fingerprint density at radius 3 is 2.42 bits per heavy atom. The Balaban J connectivity index is 1.79. The lowest BCUT2D eigenvalue weighted by molar-refractivity contribution is 1.21. The largest absolute Gasteiger partial charge is 0.256 e. The Kier molecular flexibility index (Phi) is 3.54. The van der Waals surface area contributed by atoms with Gasteiger partial charge >= 0.3 is 0 Å². The first-order valence-corrected chi connectivity index (χ1v) is 7.96. The minimum atomic E-state index is 0.736. The van der Waals surface area contributed by atoms with Crippen molar-refractivity contribution in [2.45, 2.75) is 13.8 Å². The van der Waals surface area contributed by atoms with E-state index in [-0.39, 0.29) is 0 Å². The number of pyridine rings is 1. The van der Waals surface area contributed by atoms with Crippen LogP contribution < -0.4 is 0 Å². The van der Waals surface area contributed by atoms with E-state index in [1.54, 1.807) is 0 Å². The van der Waals surface area contributed by atoms with Gasteiger partial charge in [0.1, 0.15) is 0 Å². The van der Waals surface area contributed by atoms with E-state index in [1.807, 2.05) is 48.8 Å². The molecule has 3 heteroatoms. The van der Waals surface area contributed by atoms with Crippen LogP contribution in [0.2, 0.25) is 0 Å². The highest BCUT2D eigenvalue weighted by Crippen LogP contribution is 2.25. The average molecular weight is 311 g/mol. The molecule has 0 amide bonds. The van der Waals surface area contributed by atoms with Crippen molar-refractivity contribution in [3.63, 3.8) is 0 Å². The van der Waals surface area contributed by atoms with Gasteiger partial charge in [0.25, 0.3) is 0 Å². The summed E-state index contributed by atoms with van der Waals surface area (Å²) in [5.74, 6) is 0.736. The molecule has 0 spiro atoms. The Labute approximate surface area is 141 Å². The SMILES string of the molecule is Cc1cnc(-c2cccc(-c3ncc4ccccc4n3)c2)cc1C. The van der Waals surface area contributed by atoms with Crippen LogP contribution in [0.4, 0.5) is 0 Å². The van der Waals surface area contributed by atoms with Crippen LogP contribution in [-0.4, -0.2) is 15.0 Å². The third kappa shape index (κ3) is 2.65. The molecule has 0 N–H and O–H groups in total. The first kappa shape index (κ1) is 14.5. The lowest BCUT2D eigenvalue weighted by Gasteiger charge is -2.07. The molecule has 4 rings (SSSR count). The van der Waals surface area contributed by atoms with E-state index in [0.717, 1.165) is 33.5 Å². The molecule has 2 aromatic carbocycles. The second-order valence-corrected chi connectivity index (χ2v) is 5.99. The number of para-hydroxylation sites is 1.